The number of pyridine rings is 1. The average Bonchev–Trinajstić information content (AvgIpc) is 2.93. The van der Waals surface area contributed by atoms with Crippen LogP contribution in [0.5, 0.6) is 0 Å². The van der Waals surface area contributed by atoms with Gasteiger partial charge < -0.3 is 5.32 Å². The van der Waals surface area contributed by atoms with Crippen molar-refractivity contribution >= 4 is 5.91 Å². The van der Waals surface area contributed by atoms with Gasteiger partial charge in [-0.15, -0.1) is 0 Å². The zero-order valence-corrected chi connectivity index (χ0v) is 12.1. The zero-order valence-electron chi connectivity index (χ0n) is 12.1. The lowest BCUT2D eigenvalue weighted by Crippen LogP contribution is -2.17. The van der Waals surface area contributed by atoms with Gasteiger partial charge in [0.15, 0.2) is 0 Å². The molecule has 1 N–H and O–H groups in total. The second-order valence-electron chi connectivity index (χ2n) is 5.22. The zero-order chi connectivity index (χ0) is 14.5. The molecule has 0 saturated carbocycles. The Morgan fingerprint density at radius 1 is 1.30 bits per heavy atom. The summed E-state index contributed by atoms with van der Waals surface area (Å²) in [5.41, 5.74) is 2.44. The van der Waals surface area contributed by atoms with E-state index in [1.807, 2.05) is 23.1 Å². The van der Waals surface area contributed by atoms with Crippen LogP contribution in [0.15, 0.2) is 30.9 Å². The molecule has 106 valence electrons. The monoisotopic (exact) mass is 272 g/mol. The molecule has 2 aromatic heterocycles. The van der Waals surface area contributed by atoms with Crippen molar-refractivity contribution in [1.29, 1.82) is 0 Å². The fourth-order valence-corrected chi connectivity index (χ4v) is 1.89. The Balaban J connectivity index is 2.17. The molecule has 2 rings (SSSR count). The molecule has 0 unspecified atom stereocenters. The Hall–Kier alpha value is -2.17. The quantitative estimate of drug-likeness (QED) is 0.909. The Morgan fingerprint density at radius 2 is 2.10 bits per heavy atom. The summed E-state index contributed by atoms with van der Waals surface area (Å²) in [4.78, 5) is 15.7. The van der Waals surface area contributed by atoms with Crippen LogP contribution in [0.2, 0.25) is 0 Å². The largest absolute Gasteiger partial charge is 0.355 e. The maximum Gasteiger partial charge on any atom is 0.252 e. The second-order valence-corrected chi connectivity index (χ2v) is 5.22. The van der Waals surface area contributed by atoms with Crippen molar-refractivity contribution in [3.05, 3.63) is 36.4 Å². The van der Waals surface area contributed by atoms with Gasteiger partial charge in [0.25, 0.3) is 5.91 Å². The molecule has 0 aliphatic heterocycles. The molecule has 0 bridgehead atoms. The normalized spacial score (nSPS) is 10.8. The summed E-state index contributed by atoms with van der Waals surface area (Å²) in [6.07, 6.45) is 8.21. The Morgan fingerprint density at radius 3 is 2.80 bits per heavy atom. The van der Waals surface area contributed by atoms with E-state index in [9.17, 15) is 4.79 Å². The van der Waals surface area contributed by atoms with E-state index >= 15 is 0 Å². The van der Waals surface area contributed by atoms with E-state index in [1.54, 1.807) is 19.4 Å². The number of hydrogen-bond acceptors (Lipinski definition) is 3. The summed E-state index contributed by atoms with van der Waals surface area (Å²) in [6, 6.07) is 1.83. The fraction of sp³-hybridized carbons (Fsp3) is 0.400. The lowest BCUT2D eigenvalue weighted by Gasteiger charge is -2.04. The van der Waals surface area contributed by atoms with E-state index in [0.717, 1.165) is 24.1 Å². The van der Waals surface area contributed by atoms with Gasteiger partial charge in [0.2, 0.25) is 0 Å². The molecule has 0 atom stereocenters. The number of carbonyl (C=O) groups excluding carboxylic acids is 1. The molecule has 0 saturated heterocycles. The van der Waals surface area contributed by atoms with Gasteiger partial charge in [0.1, 0.15) is 0 Å². The number of nitrogens with zero attached hydrogens (tertiary/aromatic N) is 3. The Labute approximate surface area is 119 Å². The fourth-order valence-electron chi connectivity index (χ4n) is 1.89. The Bertz CT molecular complexity index is 589. The lowest BCUT2D eigenvalue weighted by atomic mass is 10.1. The predicted octanol–water partition coefficient (Wildman–Crippen LogP) is 2.35. The first kappa shape index (κ1) is 14.2. The van der Waals surface area contributed by atoms with Crippen molar-refractivity contribution in [3.8, 4) is 11.1 Å². The van der Waals surface area contributed by atoms with Gasteiger partial charge in [0.05, 0.1) is 11.8 Å². The molecule has 0 radical (unpaired) electrons. The predicted molar refractivity (Wildman–Crippen MR) is 78.3 cm³/mol. The summed E-state index contributed by atoms with van der Waals surface area (Å²) in [6.45, 7) is 5.29. The number of nitrogens with one attached hydrogen (secondary N) is 1. The van der Waals surface area contributed by atoms with Crippen LogP contribution in [0.25, 0.3) is 11.1 Å². The van der Waals surface area contributed by atoms with Gasteiger partial charge in [-0.2, -0.15) is 5.10 Å². The van der Waals surface area contributed by atoms with Crippen LogP contribution in [0.4, 0.5) is 0 Å². The van der Waals surface area contributed by atoms with Gasteiger partial charge in [-0.25, -0.2) is 0 Å². The van der Waals surface area contributed by atoms with E-state index in [0.29, 0.717) is 11.5 Å². The summed E-state index contributed by atoms with van der Waals surface area (Å²) in [5, 5.41) is 6.95. The van der Waals surface area contributed by atoms with E-state index < -0.39 is 0 Å². The second kappa shape index (κ2) is 6.32. The SMILES string of the molecule is CNC(=O)c1cncc(-c2cnn(CCC(C)C)c2)c1. The topological polar surface area (TPSA) is 59.8 Å². The van der Waals surface area contributed by atoms with Crippen molar-refractivity contribution in [2.45, 2.75) is 26.8 Å². The van der Waals surface area contributed by atoms with Gasteiger partial charge >= 0.3 is 0 Å². The molecular formula is C15H20N4O. The van der Waals surface area contributed by atoms with Crippen molar-refractivity contribution in [2.75, 3.05) is 7.05 Å². The molecule has 5 heteroatoms. The summed E-state index contributed by atoms with van der Waals surface area (Å²) < 4.78 is 1.93. The van der Waals surface area contributed by atoms with Crippen LogP contribution >= 0.6 is 0 Å². The highest BCUT2D eigenvalue weighted by molar-refractivity contribution is 5.94. The van der Waals surface area contributed by atoms with Crippen LogP contribution in [0.3, 0.4) is 0 Å². The lowest BCUT2D eigenvalue weighted by molar-refractivity contribution is 0.0963. The minimum absolute atomic E-state index is 0.133. The van der Waals surface area contributed by atoms with Gasteiger partial charge in [-0.05, 0) is 18.4 Å². The third kappa shape index (κ3) is 3.44. The van der Waals surface area contributed by atoms with Crippen molar-refractivity contribution < 1.29 is 4.79 Å². The average molecular weight is 272 g/mol. The van der Waals surface area contributed by atoms with Crippen molar-refractivity contribution in [2.24, 2.45) is 5.92 Å². The minimum Gasteiger partial charge on any atom is -0.355 e. The molecule has 0 fully saturated rings. The summed E-state index contributed by atoms with van der Waals surface area (Å²) in [5.74, 6) is 0.521. The first-order valence-electron chi connectivity index (χ1n) is 6.80. The summed E-state index contributed by atoms with van der Waals surface area (Å²) >= 11 is 0. The van der Waals surface area contributed by atoms with Crippen molar-refractivity contribution in [3.63, 3.8) is 0 Å². The number of aromatic nitrogens is 3. The first-order chi connectivity index (χ1) is 9.60. The maximum atomic E-state index is 11.6. The third-order valence-electron chi connectivity index (χ3n) is 3.13. The van der Waals surface area contributed by atoms with Crippen LogP contribution in [-0.2, 0) is 6.54 Å². The van der Waals surface area contributed by atoms with Crippen molar-refractivity contribution in [1.82, 2.24) is 20.1 Å². The van der Waals surface area contributed by atoms with Gasteiger partial charge in [-0.1, -0.05) is 13.8 Å². The molecule has 2 heterocycles. The molecule has 20 heavy (non-hydrogen) atoms. The molecular weight excluding hydrogens is 252 g/mol. The summed E-state index contributed by atoms with van der Waals surface area (Å²) in [7, 11) is 1.61. The first-order valence-corrected chi connectivity index (χ1v) is 6.80. The van der Waals surface area contributed by atoms with E-state index in [2.05, 4.69) is 29.2 Å². The number of rotatable bonds is 5. The minimum atomic E-state index is -0.133. The Kier molecular flexibility index (Phi) is 4.50. The van der Waals surface area contributed by atoms with Crippen LogP contribution in [0, 0.1) is 5.92 Å². The molecule has 0 aromatic carbocycles. The van der Waals surface area contributed by atoms with E-state index in [1.165, 1.54) is 0 Å². The third-order valence-corrected chi connectivity index (χ3v) is 3.13. The van der Waals surface area contributed by atoms with Gasteiger partial charge in [0, 0.05) is 43.3 Å². The number of carbonyl (C=O) groups is 1. The standard InChI is InChI=1S/C15H20N4O/c1-11(2)4-5-19-10-14(9-18-19)12-6-13(8-17-7-12)15(20)16-3/h6-11H,4-5H2,1-3H3,(H,16,20). The van der Waals surface area contributed by atoms with Crippen LogP contribution in [0.1, 0.15) is 30.6 Å². The van der Waals surface area contributed by atoms with Crippen LogP contribution < -0.4 is 5.32 Å². The smallest absolute Gasteiger partial charge is 0.252 e. The number of hydrogen-bond donors (Lipinski definition) is 1. The highest BCUT2D eigenvalue weighted by atomic mass is 16.1. The molecule has 1 amide bonds. The number of amides is 1. The molecule has 0 aliphatic rings. The molecule has 0 aliphatic carbocycles. The van der Waals surface area contributed by atoms with E-state index in [-0.39, 0.29) is 5.91 Å². The van der Waals surface area contributed by atoms with Crippen LogP contribution in [-0.4, -0.2) is 27.7 Å². The molecule has 5 nitrogen and oxygen atoms in total. The highest BCUT2D eigenvalue weighted by Crippen LogP contribution is 2.19. The molecule has 0 spiro atoms. The highest BCUT2D eigenvalue weighted by Gasteiger charge is 2.08. The maximum absolute atomic E-state index is 11.6. The number of aryl methyl sites for hydroxylation is 1. The molecule has 2 aromatic rings. The van der Waals surface area contributed by atoms with E-state index in [4.69, 9.17) is 0 Å². The van der Waals surface area contributed by atoms with Gasteiger partial charge in [-0.3, -0.25) is 14.5 Å².